The fraction of sp³-hybridized carbons (Fsp3) is 0.588. The Morgan fingerprint density at radius 2 is 1.98 bits per heavy atom. The van der Waals surface area contributed by atoms with Crippen LogP contribution in [-0.4, -0.2) is 81.3 Å². The summed E-state index contributed by atoms with van der Waals surface area (Å²) in [5, 5.41) is 24.1. The highest BCUT2D eigenvalue weighted by molar-refractivity contribution is 5.74. The molecule has 11 heteroatoms. The monoisotopic (exact) mass is 618 g/mol. The highest BCUT2D eigenvalue weighted by Crippen LogP contribution is 2.52. The normalized spacial score (nSPS) is 25.2. The van der Waals surface area contributed by atoms with Crippen molar-refractivity contribution >= 4 is 11.9 Å². The molecule has 0 spiro atoms. The van der Waals surface area contributed by atoms with Gasteiger partial charge in [-0.05, 0) is 86.6 Å². The molecule has 1 unspecified atom stereocenters. The average Bonchev–Trinajstić information content (AvgIpc) is 3.53. The third kappa shape index (κ3) is 6.00. The predicted octanol–water partition coefficient (Wildman–Crippen LogP) is 6.60. The van der Waals surface area contributed by atoms with E-state index < -0.39 is 11.6 Å². The summed E-state index contributed by atoms with van der Waals surface area (Å²) in [6.45, 7) is 7.39. The maximum absolute atomic E-state index is 12.5. The first-order chi connectivity index (χ1) is 21.6. The zero-order valence-corrected chi connectivity index (χ0v) is 27.1. The van der Waals surface area contributed by atoms with Crippen molar-refractivity contribution in [2.75, 3.05) is 32.5 Å². The van der Waals surface area contributed by atoms with Gasteiger partial charge in [-0.2, -0.15) is 5.10 Å². The molecule has 0 radical (unpaired) electrons. The molecule has 11 nitrogen and oxygen atoms in total. The third-order valence-electron chi connectivity index (χ3n) is 10.2. The Bertz CT molecular complexity index is 1480. The van der Waals surface area contributed by atoms with Crippen molar-refractivity contribution in [3.63, 3.8) is 0 Å². The van der Waals surface area contributed by atoms with Crippen LogP contribution in [-0.2, 0) is 9.47 Å². The molecule has 3 aliphatic heterocycles. The number of piperidine rings is 2. The first-order valence-electron chi connectivity index (χ1n) is 16.1. The number of carboxylic acid groups (broad SMARTS) is 1. The summed E-state index contributed by atoms with van der Waals surface area (Å²) < 4.78 is 19.0. The summed E-state index contributed by atoms with van der Waals surface area (Å²) in [6.07, 6.45) is 10.6. The van der Waals surface area contributed by atoms with Gasteiger partial charge in [-0.3, -0.25) is 4.90 Å². The Labute approximate surface area is 265 Å². The van der Waals surface area contributed by atoms with Gasteiger partial charge in [0.25, 0.3) is 0 Å². The molecule has 242 valence electrons. The van der Waals surface area contributed by atoms with Crippen molar-refractivity contribution in [2.45, 2.75) is 96.0 Å². The predicted molar refractivity (Wildman–Crippen MR) is 171 cm³/mol. The number of ether oxygens (including phenoxy) is 3. The van der Waals surface area contributed by atoms with Crippen LogP contribution in [0.3, 0.4) is 0 Å². The fourth-order valence-electron chi connectivity index (χ4n) is 7.69. The minimum absolute atomic E-state index is 0.00483. The molecule has 3 aromatic rings. The average molecular weight is 619 g/mol. The molecular weight excluding hydrogens is 572 g/mol. The summed E-state index contributed by atoms with van der Waals surface area (Å²) in [5.74, 6) is 1.41. The fourth-order valence-corrected chi connectivity index (χ4v) is 7.69. The van der Waals surface area contributed by atoms with Gasteiger partial charge >= 0.3 is 6.09 Å². The van der Waals surface area contributed by atoms with Gasteiger partial charge < -0.3 is 24.2 Å². The van der Waals surface area contributed by atoms with Crippen molar-refractivity contribution in [3.05, 3.63) is 42.7 Å². The highest BCUT2D eigenvalue weighted by Gasteiger charge is 2.57. The summed E-state index contributed by atoms with van der Waals surface area (Å²) in [5.41, 5.74) is 2.86. The maximum atomic E-state index is 12.5. The van der Waals surface area contributed by atoms with E-state index in [1.165, 1.54) is 0 Å². The van der Waals surface area contributed by atoms with Gasteiger partial charge in [-0.15, -0.1) is 10.2 Å². The van der Waals surface area contributed by atoms with E-state index in [0.29, 0.717) is 11.4 Å². The SMILES string of the molecule is COCOc1cc(-c2cnn(C3CCCCO3)c2)ccc1-c1ccc(N(C)[C@H]2C[C@@H]3CCC[C@](C(C)(C)C)(C2)N3C(=O)O)nn1. The van der Waals surface area contributed by atoms with Crippen LogP contribution in [0.5, 0.6) is 5.75 Å². The van der Waals surface area contributed by atoms with E-state index in [9.17, 15) is 9.90 Å². The van der Waals surface area contributed by atoms with E-state index in [0.717, 1.165) is 80.5 Å². The summed E-state index contributed by atoms with van der Waals surface area (Å²) in [7, 11) is 3.65. The molecule has 1 N–H and O–H groups in total. The lowest BCUT2D eigenvalue weighted by atomic mass is 9.60. The smallest absolute Gasteiger partial charge is 0.408 e. The van der Waals surface area contributed by atoms with Crippen molar-refractivity contribution in [1.82, 2.24) is 24.9 Å². The number of carbonyl (C=O) groups is 1. The molecule has 0 saturated carbocycles. The largest absolute Gasteiger partial charge is 0.467 e. The number of anilines is 1. The van der Waals surface area contributed by atoms with Crippen molar-refractivity contribution in [2.24, 2.45) is 5.41 Å². The minimum atomic E-state index is -0.801. The first-order valence-corrected chi connectivity index (χ1v) is 16.1. The first kappa shape index (κ1) is 31.3. The van der Waals surface area contributed by atoms with E-state index in [2.05, 4.69) is 48.0 Å². The molecule has 0 aliphatic carbocycles. The third-order valence-corrected chi connectivity index (χ3v) is 10.2. The molecule has 45 heavy (non-hydrogen) atoms. The van der Waals surface area contributed by atoms with Crippen molar-refractivity contribution < 1.29 is 24.1 Å². The van der Waals surface area contributed by atoms with Crippen LogP contribution >= 0.6 is 0 Å². The van der Waals surface area contributed by atoms with Crippen molar-refractivity contribution in [3.8, 4) is 28.1 Å². The van der Waals surface area contributed by atoms with Gasteiger partial charge in [0.2, 0.25) is 0 Å². The number of methoxy groups -OCH3 is 1. The van der Waals surface area contributed by atoms with Gasteiger partial charge in [0.1, 0.15) is 12.0 Å². The Hall–Kier alpha value is -3.70. The van der Waals surface area contributed by atoms with Crippen LogP contribution in [0, 0.1) is 5.41 Å². The summed E-state index contributed by atoms with van der Waals surface area (Å²) in [6, 6.07) is 10.2. The molecule has 6 rings (SSSR count). The number of hydrogen-bond donors (Lipinski definition) is 1. The Morgan fingerprint density at radius 3 is 2.67 bits per heavy atom. The van der Waals surface area contributed by atoms with Gasteiger partial charge in [-0.1, -0.05) is 26.8 Å². The number of benzene rings is 1. The van der Waals surface area contributed by atoms with Crippen LogP contribution in [0.15, 0.2) is 42.7 Å². The van der Waals surface area contributed by atoms with E-state index in [1.54, 1.807) is 12.0 Å². The number of fused-ring (bicyclic) bond motifs is 2. The lowest BCUT2D eigenvalue weighted by molar-refractivity contribution is -0.0886. The second-order valence-electron chi connectivity index (χ2n) is 13.8. The zero-order valence-electron chi connectivity index (χ0n) is 27.1. The van der Waals surface area contributed by atoms with Crippen LogP contribution < -0.4 is 9.64 Å². The molecule has 4 atom stereocenters. The molecule has 2 aromatic heterocycles. The second-order valence-corrected chi connectivity index (χ2v) is 13.8. The second kappa shape index (κ2) is 12.6. The number of hydrogen-bond acceptors (Lipinski definition) is 8. The Balaban J connectivity index is 1.23. The van der Waals surface area contributed by atoms with E-state index in [4.69, 9.17) is 14.2 Å². The number of rotatable bonds is 8. The number of nitrogens with zero attached hydrogens (tertiary/aromatic N) is 6. The molecule has 1 amide bonds. The Kier molecular flexibility index (Phi) is 8.76. The number of amides is 1. The molecule has 3 aliphatic rings. The summed E-state index contributed by atoms with van der Waals surface area (Å²) >= 11 is 0. The topological polar surface area (TPSA) is 115 Å². The molecular formula is C34H46N6O5. The molecule has 5 heterocycles. The zero-order chi connectivity index (χ0) is 31.8. The van der Waals surface area contributed by atoms with Crippen LogP contribution in [0.2, 0.25) is 0 Å². The molecule has 2 bridgehead atoms. The Morgan fingerprint density at radius 1 is 1.13 bits per heavy atom. The summed E-state index contributed by atoms with van der Waals surface area (Å²) in [4.78, 5) is 16.4. The van der Waals surface area contributed by atoms with Crippen LogP contribution in [0.1, 0.15) is 78.4 Å². The highest BCUT2D eigenvalue weighted by atomic mass is 16.7. The molecule has 1 aromatic carbocycles. The quantitative estimate of drug-likeness (QED) is 0.279. The van der Waals surface area contributed by atoms with Crippen LogP contribution in [0.25, 0.3) is 22.4 Å². The van der Waals surface area contributed by atoms with E-state index >= 15 is 0 Å². The van der Waals surface area contributed by atoms with Gasteiger partial charge in [0, 0.05) is 50.2 Å². The standard InChI is InChI=1S/C34H46N6O5/c1-33(2,3)34-15-8-9-25(40(34)32(41)42)18-26(19-34)38(4)30-14-13-28(36-37-30)27-12-11-23(17-29(27)45-22-43-5)24-20-35-39(21-24)31-10-6-7-16-44-31/h11-14,17,20-21,25-26,31H,6-10,15-16,18-19,22H2,1-5H3,(H,41,42)/t25-,26-,31?,34+/m0/s1. The molecule has 3 fully saturated rings. The molecule has 3 saturated heterocycles. The number of aromatic nitrogens is 4. The van der Waals surface area contributed by atoms with E-state index in [1.807, 2.05) is 47.4 Å². The lowest BCUT2D eigenvalue weighted by Gasteiger charge is -2.62. The minimum Gasteiger partial charge on any atom is -0.467 e. The van der Waals surface area contributed by atoms with Crippen LogP contribution in [0.4, 0.5) is 10.6 Å². The van der Waals surface area contributed by atoms with Crippen molar-refractivity contribution in [1.29, 1.82) is 0 Å². The van der Waals surface area contributed by atoms with Gasteiger partial charge in [0.15, 0.2) is 12.6 Å². The maximum Gasteiger partial charge on any atom is 0.408 e. The van der Waals surface area contributed by atoms with E-state index in [-0.39, 0.29) is 30.5 Å². The van der Waals surface area contributed by atoms with Gasteiger partial charge in [-0.25, -0.2) is 9.48 Å². The lowest BCUT2D eigenvalue weighted by Crippen LogP contribution is -2.70. The van der Waals surface area contributed by atoms with Gasteiger partial charge in [0.05, 0.1) is 17.4 Å².